The second-order valence-corrected chi connectivity index (χ2v) is 7.95. The summed E-state index contributed by atoms with van der Waals surface area (Å²) >= 11 is 0. The van der Waals surface area contributed by atoms with Crippen LogP contribution in [0.3, 0.4) is 0 Å². The van der Waals surface area contributed by atoms with E-state index in [4.69, 9.17) is 0 Å². The van der Waals surface area contributed by atoms with Crippen molar-refractivity contribution in [3.05, 3.63) is 63.5 Å². The maximum atomic E-state index is 11.7. The Hall–Kier alpha value is -3.66. The Labute approximate surface area is 174 Å². The van der Waals surface area contributed by atoms with Gasteiger partial charge in [-0.25, -0.2) is 4.98 Å². The van der Waals surface area contributed by atoms with Gasteiger partial charge in [0.25, 0.3) is 5.69 Å². The predicted octanol–water partition coefficient (Wildman–Crippen LogP) is 5.08. The number of nitrogens with one attached hydrogen (secondary N) is 1. The van der Waals surface area contributed by atoms with E-state index < -0.39 is 0 Å². The number of H-pyrrole nitrogens is 1. The summed E-state index contributed by atoms with van der Waals surface area (Å²) in [6, 6.07) is 13.2. The maximum Gasteiger partial charge on any atom is 0.293 e. The molecule has 0 bridgehead atoms. The first kappa shape index (κ1) is 19.6. The van der Waals surface area contributed by atoms with Crippen LogP contribution in [-0.4, -0.2) is 28.0 Å². The van der Waals surface area contributed by atoms with E-state index >= 15 is 0 Å². The first-order valence-corrected chi connectivity index (χ1v) is 10.1. The van der Waals surface area contributed by atoms with Crippen LogP contribution in [-0.2, 0) is 0 Å². The Bertz CT molecular complexity index is 1180. The minimum Gasteiger partial charge on any atom is -0.366 e. The number of benzene rings is 2. The second-order valence-electron chi connectivity index (χ2n) is 7.95. The highest BCUT2D eigenvalue weighted by molar-refractivity contribution is 5.91. The number of nitro groups is 1. The van der Waals surface area contributed by atoms with Gasteiger partial charge in [-0.15, -0.1) is 0 Å². The number of nitriles is 1. The number of imidazole rings is 1. The lowest BCUT2D eigenvalue weighted by Crippen LogP contribution is -2.33. The van der Waals surface area contributed by atoms with Crippen molar-refractivity contribution < 1.29 is 4.92 Å². The van der Waals surface area contributed by atoms with Crippen LogP contribution >= 0.6 is 0 Å². The predicted molar refractivity (Wildman–Crippen MR) is 118 cm³/mol. The third-order valence-corrected chi connectivity index (χ3v) is 5.64. The van der Waals surface area contributed by atoms with Gasteiger partial charge in [-0.1, -0.05) is 19.1 Å². The number of fused-ring (bicyclic) bond motifs is 1. The Morgan fingerprint density at radius 1 is 1.30 bits per heavy atom. The lowest BCUT2D eigenvalue weighted by Gasteiger charge is -2.31. The van der Waals surface area contributed by atoms with Gasteiger partial charge in [-0.05, 0) is 61.1 Å². The first-order chi connectivity index (χ1) is 14.4. The molecule has 1 fully saturated rings. The Balaban J connectivity index is 1.69. The van der Waals surface area contributed by atoms with E-state index in [0.717, 1.165) is 42.5 Å². The topological polar surface area (TPSA) is 98.8 Å². The number of nitro benzene ring substituents is 1. The number of rotatable bonds is 4. The number of aryl methyl sites for hydroxylation is 1. The van der Waals surface area contributed by atoms with Gasteiger partial charge < -0.3 is 9.88 Å². The average molecular weight is 401 g/mol. The Morgan fingerprint density at radius 3 is 2.77 bits per heavy atom. The van der Waals surface area contributed by atoms with Gasteiger partial charge in [0.15, 0.2) is 0 Å². The minimum atomic E-state index is -0.347. The molecule has 1 aliphatic rings. The fourth-order valence-corrected chi connectivity index (χ4v) is 3.86. The lowest BCUT2D eigenvalue weighted by atomic mass is 9.98. The summed E-state index contributed by atoms with van der Waals surface area (Å²) in [7, 11) is 0. The fraction of sp³-hybridized carbons (Fsp3) is 0.304. The van der Waals surface area contributed by atoms with Gasteiger partial charge in [-0.2, -0.15) is 5.26 Å². The minimum absolute atomic E-state index is 0.0656. The average Bonchev–Trinajstić information content (AvgIpc) is 3.15. The van der Waals surface area contributed by atoms with Crippen LogP contribution in [0.2, 0.25) is 0 Å². The van der Waals surface area contributed by atoms with Crippen molar-refractivity contribution in [3.63, 3.8) is 0 Å². The number of aromatic nitrogens is 2. The van der Waals surface area contributed by atoms with E-state index in [2.05, 4.69) is 27.9 Å². The zero-order valence-electron chi connectivity index (χ0n) is 17.1. The largest absolute Gasteiger partial charge is 0.366 e. The summed E-state index contributed by atoms with van der Waals surface area (Å²) in [4.78, 5) is 21.1. The second kappa shape index (κ2) is 7.99. The molecule has 1 N–H and O–H groups in total. The molecule has 2 aromatic carbocycles. The van der Waals surface area contributed by atoms with E-state index in [0.29, 0.717) is 28.6 Å². The highest BCUT2D eigenvalue weighted by Crippen LogP contribution is 2.33. The van der Waals surface area contributed by atoms with Crippen molar-refractivity contribution in [2.45, 2.75) is 26.7 Å². The van der Waals surface area contributed by atoms with E-state index in [-0.39, 0.29) is 10.6 Å². The number of hydrogen-bond acceptors (Lipinski definition) is 5. The monoisotopic (exact) mass is 401 g/mol. The van der Waals surface area contributed by atoms with E-state index in [1.807, 2.05) is 31.2 Å². The molecule has 152 valence electrons. The third kappa shape index (κ3) is 3.90. The van der Waals surface area contributed by atoms with Crippen molar-refractivity contribution >= 4 is 34.1 Å². The van der Waals surface area contributed by atoms with Gasteiger partial charge in [0.05, 0.1) is 21.5 Å². The number of nitrogens with zero attached hydrogens (tertiary/aromatic N) is 4. The van der Waals surface area contributed by atoms with Crippen LogP contribution in [0.4, 0.5) is 11.4 Å². The van der Waals surface area contributed by atoms with Gasteiger partial charge >= 0.3 is 0 Å². The first-order valence-electron chi connectivity index (χ1n) is 10.1. The van der Waals surface area contributed by atoms with Crippen LogP contribution < -0.4 is 4.90 Å². The van der Waals surface area contributed by atoms with Gasteiger partial charge in [0, 0.05) is 19.2 Å². The van der Waals surface area contributed by atoms with E-state index in [9.17, 15) is 15.4 Å². The highest BCUT2D eigenvalue weighted by atomic mass is 16.6. The molecule has 7 nitrogen and oxygen atoms in total. The van der Waals surface area contributed by atoms with Crippen LogP contribution in [0.25, 0.3) is 22.7 Å². The molecule has 0 amide bonds. The molecule has 1 saturated heterocycles. The van der Waals surface area contributed by atoms with Gasteiger partial charge in [0.1, 0.15) is 17.6 Å². The van der Waals surface area contributed by atoms with Gasteiger partial charge in [0.2, 0.25) is 0 Å². The molecule has 1 aliphatic heterocycles. The molecule has 2 heterocycles. The van der Waals surface area contributed by atoms with Crippen molar-refractivity contribution in [1.29, 1.82) is 5.26 Å². The normalized spacial score (nSPS) is 15.4. The fourth-order valence-electron chi connectivity index (χ4n) is 3.86. The number of hydrogen-bond donors (Lipinski definition) is 1. The molecule has 30 heavy (non-hydrogen) atoms. The molecule has 0 atom stereocenters. The molecule has 0 spiro atoms. The van der Waals surface area contributed by atoms with E-state index in [1.54, 1.807) is 12.1 Å². The summed E-state index contributed by atoms with van der Waals surface area (Å²) in [6.07, 6.45) is 3.70. The Morgan fingerprint density at radius 2 is 2.07 bits per heavy atom. The van der Waals surface area contributed by atoms with Crippen LogP contribution in [0.1, 0.15) is 36.7 Å². The summed E-state index contributed by atoms with van der Waals surface area (Å²) in [5.41, 5.74) is 4.36. The summed E-state index contributed by atoms with van der Waals surface area (Å²) in [5.74, 6) is 1.10. The third-order valence-electron chi connectivity index (χ3n) is 5.64. The summed E-state index contributed by atoms with van der Waals surface area (Å²) < 4.78 is 0. The number of anilines is 1. The SMILES string of the molecule is Cc1ccc2nc(/C(C#N)=C\c3ccc(N4CCC(C)CC4)c([N+](=O)[O-])c3)[nH]c2c1. The molecule has 4 rings (SSSR count). The van der Waals surface area contributed by atoms with Gasteiger partial charge in [-0.3, -0.25) is 10.1 Å². The molecule has 0 radical (unpaired) electrons. The molecule has 0 aliphatic carbocycles. The zero-order valence-corrected chi connectivity index (χ0v) is 17.1. The van der Waals surface area contributed by atoms with Crippen LogP contribution in [0.15, 0.2) is 36.4 Å². The standard InChI is InChI=1S/C23H23N5O2/c1-15-7-9-27(10-8-15)21-6-4-17(13-22(21)28(29)30)12-18(14-24)23-25-19-5-3-16(2)11-20(19)26-23/h3-6,11-13,15H,7-10H2,1-2H3,(H,25,26)/b18-12-. The number of piperidine rings is 1. The molecule has 1 aromatic heterocycles. The quantitative estimate of drug-likeness (QED) is 0.373. The number of allylic oxidation sites excluding steroid dienone is 1. The van der Waals surface area contributed by atoms with Crippen molar-refractivity contribution in [2.75, 3.05) is 18.0 Å². The summed E-state index contributed by atoms with van der Waals surface area (Å²) in [5, 5.41) is 21.4. The Kier molecular flexibility index (Phi) is 5.23. The maximum absolute atomic E-state index is 11.7. The molecule has 0 saturated carbocycles. The lowest BCUT2D eigenvalue weighted by molar-refractivity contribution is -0.384. The molecule has 3 aromatic rings. The number of aromatic amines is 1. The highest BCUT2D eigenvalue weighted by Gasteiger charge is 2.23. The van der Waals surface area contributed by atoms with Crippen LogP contribution in [0, 0.1) is 34.3 Å². The smallest absolute Gasteiger partial charge is 0.293 e. The molecule has 0 unspecified atom stereocenters. The zero-order chi connectivity index (χ0) is 21.3. The molecular weight excluding hydrogens is 378 g/mol. The van der Waals surface area contributed by atoms with Crippen LogP contribution in [0.5, 0.6) is 0 Å². The van der Waals surface area contributed by atoms with Crippen molar-refractivity contribution in [3.8, 4) is 6.07 Å². The van der Waals surface area contributed by atoms with E-state index in [1.165, 1.54) is 6.07 Å². The van der Waals surface area contributed by atoms with Crippen molar-refractivity contribution in [1.82, 2.24) is 9.97 Å². The molecule has 7 heteroatoms. The summed E-state index contributed by atoms with van der Waals surface area (Å²) in [6.45, 7) is 5.84. The molecular formula is C23H23N5O2. The van der Waals surface area contributed by atoms with Crippen molar-refractivity contribution in [2.24, 2.45) is 5.92 Å².